The monoisotopic (exact) mass is 300 g/mol. The third-order valence-electron chi connectivity index (χ3n) is 2.44. The lowest BCUT2D eigenvalue weighted by Gasteiger charge is -2.16. The van der Waals surface area contributed by atoms with E-state index in [0.29, 0.717) is 6.04 Å². The zero-order chi connectivity index (χ0) is 12.7. The van der Waals surface area contributed by atoms with Crippen molar-refractivity contribution in [3.63, 3.8) is 0 Å². The second-order valence-corrected chi connectivity index (χ2v) is 4.94. The maximum Gasteiger partial charge on any atom is 0.146 e. The van der Waals surface area contributed by atoms with Gasteiger partial charge in [-0.2, -0.15) is 0 Å². The highest BCUT2D eigenvalue weighted by Crippen LogP contribution is 2.27. The first-order valence-electron chi connectivity index (χ1n) is 6.19. The van der Waals surface area contributed by atoms with Gasteiger partial charge in [-0.15, -0.1) is 0 Å². The Morgan fingerprint density at radius 3 is 2.59 bits per heavy atom. The van der Waals surface area contributed by atoms with Crippen molar-refractivity contribution in [3.05, 3.63) is 10.8 Å². The summed E-state index contributed by atoms with van der Waals surface area (Å²) in [6, 6.07) is 0.422. The number of hydrogen-bond acceptors (Lipinski definition) is 4. The zero-order valence-corrected chi connectivity index (χ0v) is 12.3. The molecule has 1 atom stereocenters. The largest absolute Gasteiger partial charge is 0.369 e. The molecule has 0 aliphatic heterocycles. The average Bonchev–Trinajstić information content (AvgIpc) is 2.30. The summed E-state index contributed by atoms with van der Waals surface area (Å²) in [6.07, 6.45) is 4.96. The van der Waals surface area contributed by atoms with Gasteiger partial charge in [0.1, 0.15) is 22.4 Å². The third kappa shape index (κ3) is 4.50. The molecule has 0 fully saturated rings. The topological polar surface area (TPSA) is 49.8 Å². The van der Waals surface area contributed by atoms with Crippen molar-refractivity contribution < 1.29 is 0 Å². The summed E-state index contributed by atoms with van der Waals surface area (Å²) in [7, 11) is 0. The van der Waals surface area contributed by atoms with Crippen LogP contribution in [-0.4, -0.2) is 22.6 Å². The predicted molar refractivity (Wildman–Crippen MR) is 76.5 cm³/mol. The summed E-state index contributed by atoms with van der Waals surface area (Å²) in [5.41, 5.74) is 0. The Kier molecular flexibility index (Phi) is 6.26. The SMILES string of the molecule is CCCNc1ncnc(NC(C)CCC)c1Br. The molecule has 17 heavy (non-hydrogen) atoms. The number of rotatable bonds is 7. The molecule has 0 radical (unpaired) electrons. The lowest BCUT2D eigenvalue weighted by Crippen LogP contribution is -2.16. The van der Waals surface area contributed by atoms with E-state index < -0.39 is 0 Å². The fourth-order valence-corrected chi connectivity index (χ4v) is 2.04. The van der Waals surface area contributed by atoms with Crippen molar-refractivity contribution in [1.29, 1.82) is 0 Å². The molecule has 1 heterocycles. The van der Waals surface area contributed by atoms with Gasteiger partial charge in [0.2, 0.25) is 0 Å². The summed E-state index contributed by atoms with van der Waals surface area (Å²) in [6.45, 7) is 7.39. The lowest BCUT2D eigenvalue weighted by atomic mass is 10.2. The van der Waals surface area contributed by atoms with Crippen molar-refractivity contribution in [2.75, 3.05) is 17.2 Å². The average molecular weight is 301 g/mol. The molecule has 0 saturated heterocycles. The van der Waals surface area contributed by atoms with Crippen LogP contribution in [0.3, 0.4) is 0 Å². The molecule has 0 amide bonds. The Bertz CT molecular complexity index is 343. The second kappa shape index (κ2) is 7.48. The van der Waals surface area contributed by atoms with Crippen molar-refractivity contribution in [3.8, 4) is 0 Å². The third-order valence-corrected chi connectivity index (χ3v) is 3.19. The molecule has 96 valence electrons. The van der Waals surface area contributed by atoms with E-state index in [4.69, 9.17) is 0 Å². The standard InChI is InChI=1S/C12H21BrN4/c1-4-6-9(3)17-12-10(13)11(14-7-5-2)15-8-16-12/h8-9H,4-7H2,1-3H3,(H2,14,15,16,17). The Morgan fingerprint density at radius 1 is 1.24 bits per heavy atom. The Labute approximate surface area is 112 Å². The maximum absolute atomic E-state index is 4.26. The maximum atomic E-state index is 4.26. The number of halogens is 1. The molecule has 0 aromatic carbocycles. The molecule has 1 unspecified atom stereocenters. The molecule has 2 N–H and O–H groups in total. The van der Waals surface area contributed by atoms with Crippen LogP contribution in [0, 0.1) is 0 Å². The van der Waals surface area contributed by atoms with Crippen LogP contribution < -0.4 is 10.6 Å². The van der Waals surface area contributed by atoms with Crippen molar-refractivity contribution in [2.24, 2.45) is 0 Å². The first kappa shape index (κ1) is 14.2. The number of hydrogen-bond donors (Lipinski definition) is 2. The van der Waals surface area contributed by atoms with Crippen LogP contribution in [0.5, 0.6) is 0 Å². The van der Waals surface area contributed by atoms with Gasteiger partial charge in [0.05, 0.1) is 0 Å². The molecule has 1 aromatic heterocycles. The van der Waals surface area contributed by atoms with Gasteiger partial charge in [-0.1, -0.05) is 20.3 Å². The number of nitrogens with zero attached hydrogens (tertiary/aromatic N) is 2. The molecule has 0 aliphatic carbocycles. The van der Waals surface area contributed by atoms with Crippen molar-refractivity contribution >= 4 is 27.6 Å². The van der Waals surface area contributed by atoms with Crippen molar-refractivity contribution in [2.45, 2.75) is 46.1 Å². The van der Waals surface area contributed by atoms with E-state index in [1.165, 1.54) is 0 Å². The minimum atomic E-state index is 0.422. The van der Waals surface area contributed by atoms with E-state index in [1.807, 2.05) is 0 Å². The summed E-state index contributed by atoms with van der Waals surface area (Å²) in [4.78, 5) is 8.48. The van der Waals surface area contributed by atoms with Gasteiger partial charge in [-0.25, -0.2) is 9.97 Å². The fourth-order valence-electron chi connectivity index (χ4n) is 1.58. The van der Waals surface area contributed by atoms with E-state index in [9.17, 15) is 0 Å². The van der Waals surface area contributed by atoms with Crippen LogP contribution in [0.2, 0.25) is 0 Å². The minimum absolute atomic E-state index is 0.422. The van der Waals surface area contributed by atoms with Crippen LogP contribution in [0.15, 0.2) is 10.8 Å². The van der Waals surface area contributed by atoms with Gasteiger partial charge >= 0.3 is 0 Å². The van der Waals surface area contributed by atoms with Gasteiger partial charge in [-0.3, -0.25) is 0 Å². The van der Waals surface area contributed by atoms with E-state index >= 15 is 0 Å². The summed E-state index contributed by atoms with van der Waals surface area (Å²) in [5.74, 6) is 1.72. The number of nitrogens with one attached hydrogen (secondary N) is 2. The molecular formula is C12H21BrN4. The number of aromatic nitrogens is 2. The van der Waals surface area contributed by atoms with Crippen molar-refractivity contribution in [1.82, 2.24) is 9.97 Å². The first-order chi connectivity index (χ1) is 8.19. The molecular weight excluding hydrogens is 280 g/mol. The van der Waals surface area contributed by atoms with E-state index in [1.54, 1.807) is 6.33 Å². The van der Waals surface area contributed by atoms with Crippen LogP contribution in [0.4, 0.5) is 11.6 Å². The fraction of sp³-hybridized carbons (Fsp3) is 0.667. The van der Waals surface area contributed by atoms with Crippen LogP contribution >= 0.6 is 15.9 Å². The normalized spacial score (nSPS) is 12.2. The highest BCUT2D eigenvalue weighted by Gasteiger charge is 2.10. The summed E-state index contributed by atoms with van der Waals surface area (Å²) in [5, 5.41) is 6.66. The van der Waals surface area contributed by atoms with Gasteiger partial charge in [0.25, 0.3) is 0 Å². The summed E-state index contributed by atoms with van der Waals surface area (Å²) >= 11 is 3.54. The van der Waals surface area contributed by atoms with Crippen LogP contribution in [0.1, 0.15) is 40.0 Å². The molecule has 0 saturated carbocycles. The molecule has 4 nitrogen and oxygen atoms in total. The molecule has 0 bridgehead atoms. The molecule has 0 aliphatic rings. The zero-order valence-electron chi connectivity index (χ0n) is 10.8. The number of anilines is 2. The summed E-state index contributed by atoms with van der Waals surface area (Å²) < 4.78 is 0.913. The van der Waals surface area contributed by atoms with Crippen LogP contribution in [-0.2, 0) is 0 Å². The highest BCUT2D eigenvalue weighted by molar-refractivity contribution is 9.10. The lowest BCUT2D eigenvalue weighted by molar-refractivity contribution is 0.686. The smallest absolute Gasteiger partial charge is 0.146 e. The Hall–Kier alpha value is -0.840. The molecule has 1 rings (SSSR count). The van der Waals surface area contributed by atoms with Crippen LogP contribution in [0.25, 0.3) is 0 Å². The molecule has 5 heteroatoms. The quantitative estimate of drug-likeness (QED) is 0.807. The molecule has 0 spiro atoms. The minimum Gasteiger partial charge on any atom is -0.369 e. The van der Waals surface area contributed by atoms with Gasteiger partial charge in [0, 0.05) is 12.6 Å². The van der Waals surface area contributed by atoms with Gasteiger partial charge in [0.15, 0.2) is 0 Å². The van der Waals surface area contributed by atoms with E-state index in [0.717, 1.165) is 41.9 Å². The first-order valence-corrected chi connectivity index (χ1v) is 6.99. The highest BCUT2D eigenvalue weighted by atomic mass is 79.9. The van der Waals surface area contributed by atoms with Gasteiger partial charge < -0.3 is 10.6 Å². The molecule has 1 aromatic rings. The Morgan fingerprint density at radius 2 is 1.94 bits per heavy atom. The second-order valence-electron chi connectivity index (χ2n) is 4.15. The van der Waals surface area contributed by atoms with E-state index in [-0.39, 0.29) is 0 Å². The predicted octanol–water partition coefficient (Wildman–Crippen LogP) is 3.66. The van der Waals surface area contributed by atoms with Gasteiger partial charge in [-0.05, 0) is 35.7 Å². The van der Waals surface area contributed by atoms with E-state index in [2.05, 4.69) is 57.3 Å². The Balaban J connectivity index is 2.72.